The van der Waals surface area contributed by atoms with Crippen molar-refractivity contribution in [3.05, 3.63) is 149 Å². The normalized spacial score (nSPS) is 20.1. The molecule has 6 rings (SSSR count). The van der Waals surface area contributed by atoms with Crippen molar-refractivity contribution in [1.82, 2.24) is 0 Å². The molecule has 1 radical (unpaired) electrons. The van der Waals surface area contributed by atoms with Gasteiger partial charge in [0.05, 0.1) is 7.11 Å². The van der Waals surface area contributed by atoms with E-state index in [0.717, 1.165) is 14.7 Å². The maximum absolute atomic E-state index is 5.44. The Morgan fingerprint density at radius 1 is 0.500 bits per heavy atom. The summed E-state index contributed by atoms with van der Waals surface area (Å²) in [5, 5.41) is 0. The summed E-state index contributed by atoms with van der Waals surface area (Å²) in [4.78, 5) is 0. The Bertz CT molecular complexity index is 1240. The number of benzene rings is 4. The average molecular weight is 849 g/mol. The van der Waals surface area contributed by atoms with Crippen LogP contribution in [0.5, 0.6) is 5.75 Å². The van der Waals surface area contributed by atoms with Crippen LogP contribution >= 0.6 is 55.8 Å². The summed E-state index contributed by atoms with van der Waals surface area (Å²) in [6.07, 6.45) is 7.50. The van der Waals surface area contributed by atoms with Crippen LogP contribution in [0, 0.1) is 21.8 Å². The van der Waals surface area contributed by atoms with Gasteiger partial charge in [0.15, 0.2) is 0 Å². The van der Waals surface area contributed by atoms with E-state index in [-0.39, 0.29) is 55.6 Å². The molecule has 2 atom stereocenters. The Kier molecular flexibility index (Phi) is 17.3. The molecule has 4 aromatic carbocycles. The van der Waals surface area contributed by atoms with Gasteiger partial charge in [0, 0.05) is 8.95 Å². The molecule has 2 saturated carbocycles. The van der Waals surface area contributed by atoms with Crippen molar-refractivity contribution < 1.29 is 21.5 Å². The first-order valence-corrected chi connectivity index (χ1v) is 15.3. The summed E-state index contributed by atoms with van der Waals surface area (Å²) in [7, 11) is 1.72. The number of hydrogen-bond acceptors (Lipinski definition) is 1. The molecule has 227 valence electrons. The molecule has 2 aliphatic carbocycles. The standard InChI is InChI=1S/C30H26Br2O.C5H10.2CH3.Co.HI/c1-19-3-5-20(6-4-19)27-28(21-7-13-24(31)14-8-21)30(23-11-17-26(33-2)18-12-23)29(27)22-9-15-25(32)16-10-22;1-2-4-5-3-1;;;;/h3-18,27-30H,1-2H3;1-5H2;2*1H3;;1H/q;;2*-1;+2;. The molecule has 0 aliphatic heterocycles. The fourth-order valence-corrected chi connectivity index (χ4v) is 6.80. The second-order valence-electron chi connectivity index (χ2n) is 10.7. The van der Waals surface area contributed by atoms with Crippen LogP contribution in [0.3, 0.4) is 0 Å². The second kappa shape index (κ2) is 18.6. The van der Waals surface area contributed by atoms with Crippen LogP contribution in [-0.2, 0) is 16.8 Å². The van der Waals surface area contributed by atoms with Crippen LogP contribution < -0.4 is 4.74 Å². The molecule has 42 heavy (non-hydrogen) atoms. The summed E-state index contributed by atoms with van der Waals surface area (Å²) in [6, 6.07) is 35.6. The van der Waals surface area contributed by atoms with Crippen molar-refractivity contribution in [3.8, 4) is 5.75 Å². The zero-order valence-electron chi connectivity index (χ0n) is 25.0. The molecule has 0 saturated heterocycles. The van der Waals surface area contributed by atoms with Gasteiger partial charge >= 0.3 is 16.8 Å². The molecule has 0 amide bonds. The molecule has 1 nitrogen and oxygen atoms in total. The topological polar surface area (TPSA) is 9.23 Å². The van der Waals surface area contributed by atoms with Crippen molar-refractivity contribution in [2.45, 2.75) is 62.7 Å². The van der Waals surface area contributed by atoms with Gasteiger partial charge in [-0.15, -0.1) is 24.0 Å². The molecule has 0 N–H and O–H groups in total. The van der Waals surface area contributed by atoms with Gasteiger partial charge < -0.3 is 19.6 Å². The van der Waals surface area contributed by atoms with E-state index >= 15 is 0 Å². The smallest absolute Gasteiger partial charge is 0.497 e. The summed E-state index contributed by atoms with van der Waals surface area (Å²) < 4.78 is 7.67. The molecular weight excluding hydrogens is 806 g/mol. The van der Waals surface area contributed by atoms with E-state index in [1.807, 2.05) is 0 Å². The van der Waals surface area contributed by atoms with E-state index in [1.165, 1.54) is 59.9 Å². The zero-order chi connectivity index (χ0) is 26.5. The molecule has 0 heterocycles. The predicted octanol–water partition coefficient (Wildman–Crippen LogP) is 12.4. The first-order chi connectivity index (χ1) is 18.5. The number of aryl methyl sites for hydroxylation is 1. The van der Waals surface area contributed by atoms with Crippen LogP contribution in [0.25, 0.3) is 0 Å². The van der Waals surface area contributed by atoms with Crippen LogP contribution in [0.2, 0.25) is 0 Å². The Labute approximate surface area is 299 Å². The molecular formula is C37H43Br2CoIO. The van der Waals surface area contributed by atoms with Gasteiger partial charge in [0.25, 0.3) is 0 Å². The van der Waals surface area contributed by atoms with Crippen LogP contribution in [-0.4, -0.2) is 7.11 Å². The molecule has 0 aromatic heterocycles. The number of rotatable bonds is 5. The maximum Gasteiger partial charge on any atom is 2.00 e. The van der Waals surface area contributed by atoms with E-state index in [4.69, 9.17) is 4.74 Å². The third-order valence-corrected chi connectivity index (χ3v) is 9.33. The number of halogens is 3. The van der Waals surface area contributed by atoms with Gasteiger partial charge in [-0.05, 0) is 89.2 Å². The Morgan fingerprint density at radius 3 is 1.05 bits per heavy atom. The largest absolute Gasteiger partial charge is 2.00 e. The summed E-state index contributed by atoms with van der Waals surface area (Å²) in [6.45, 7) is 2.16. The van der Waals surface area contributed by atoms with E-state index in [1.54, 1.807) is 7.11 Å². The van der Waals surface area contributed by atoms with Crippen molar-refractivity contribution in [2.24, 2.45) is 0 Å². The van der Waals surface area contributed by atoms with Crippen molar-refractivity contribution in [2.75, 3.05) is 7.11 Å². The van der Waals surface area contributed by atoms with E-state index in [2.05, 4.69) is 136 Å². The Morgan fingerprint density at radius 2 is 0.762 bits per heavy atom. The Hall–Kier alpha value is -1.12. The quantitative estimate of drug-likeness (QED) is 0.144. The fourth-order valence-electron chi connectivity index (χ4n) is 6.28. The van der Waals surface area contributed by atoms with E-state index in [0.29, 0.717) is 23.7 Å². The molecule has 2 aliphatic rings. The molecule has 2 unspecified atom stereocenters. The number of ether oxygens (including phenoxy) is 1. The molecule has 5 heteroatoms. The minimum atomic E-state index is 0. The molecule has 0 bridgehead atoms. The first-order valence-electron chi connectivity index (χ1n) is 13.8. The van der Waals surface area contributed by atoms with Gasteiger partial charge in [-0.2, -0.15) is 0 Å². The van der Waals surface area contributed by atoms with E-state index in [9.17, 15) is 0 Å². The van der Waals surface area contributed by atoms with Crippen LogP contribution in [0.15, 0.2) is 106 Å². The summed E-state index contributed by atoms with van der Waals surface area (Å²) >= 11 is 7.23. The van der Waals surface area contributed by atoms with Gasteiger partial charge in [0.1, 0.15) is 5.75 Å². The molecule has 4 aromatic rings. The van der Waals surface area contributed by atoms with Gasteiger partial charge in [0.2, 0.25) is 0 Å². The van der Waals surface area contributed by atoms with Gasteiger partial charge in [-0.3, -0.25) is 0 Å². The Balaban J connectivity index is 0.000000892. The minimum Gasteiger partial charge on any atom is -0.497 e. The maximum atomic E-state index is 5.44. The van der Waals surface area contributed by atoms with Crippen molar-refractivity contribution in [1.29, 1.82) is 0 Å². The second-order valence-corrected chi connectivity index (χ2v) is 12.5. The van der Waals surface area contributed by atoms with Crippen molar-refractivity contribution >= 4 is 55.8 Å². The number of methoxy groups -OCH3 is 1. The number of hydrogen-bond donors (Lipinski definition) is 0. The SMILES string of the molecule is C1CCCC1.COc1ccc(C2C(c3ccc(Br)cc3)C(c3ccc(C)cc3)C2c2ccc(Br)cc2)cc1.I.[CH3-].[CH3-].[Co+2]. The third kappa shape index (κ3) is 9.20. The fraction of sp³-hybridized carbons (Fsp3) is 0.297. The van der Waals surface area contributed by atoms with Crippen LogP contribution in [0.1, 0.15) is 83.6 Å². The van der Waals surface area contributed by atoms with Crippen LogP contribution in [0.4, 0.5) is 0 Å². The summed E-state index contributed by atoms with van der Waals surface area (Å²) in [5.74, 6) is 2.46. The molecule has 0 spiro atoms. The zero-order valence-corrected chi connectivity index (χ0v) is 31.5. The van der Waals surface area contributed by atoms with E-state index < -0.39 is 0 Å². The van der Waals surface area contributed by atoms with Gasteiger partial charge in [-0.1, -0.05) is 130 Å². The average Bonchev–Trinajstić information content (AvgIpc) is 3.53. The first kappa shape index (κ1) is 38.9. The van der Waals surface area contributed by atoms with Gasteiger partial charge in [-0.25, -0.2) is 0 Å². The monoisotopic (exact) mass is 847 g/mol. The van der Waals surface area contributed by atoms with Crippen molar-refractivity contribution in [3.63, 3.8) is 0 Å². The summed E-state index contributed by atoms with van der Waals surface area (Å²) in [5.41, 5.74) is 6.84. The third-order valence-electron chi connectivity index (χ3n) is 8.27. The predicted molar refractivity (Wildman–Crippen MR) is 195 cm³/mol. The molecule has 2 fully saturated rings. The minimum absolute atomic E-state index is 0.